The number of anilines is 2. The summed E-state index contributed by atoms with van der Waals surface area (Å²) in [5.74, 6) is -12.0. The Bertz CT molecular complexity index is 2500. The van der Waals surface area contributed by atoms with Gasteiger partial charge in [0.2, 0.25) is 11.8 Å². The standard InChI is InChI=1S/C40H25Cl2F9N4O5/c41-21-7-5-17(6-8-21)37-27(34(58)55(36(37)60)53-32-28(42)14-20(16-52-32)40(49,50)51)15-26-23(31(37)24-3-1-2-4-29(24)56)9-10-25-30(26)35(59)54(33(25)57)22-12-18(38(43,44)45)11-19(13-22)39(46,47)48/h1-9,11-14,16,25-27,30-31,56H,10,15H2,(H,52,53). The fourth-order valence-corrected chi connectivity index (χ4v) is 9.52. The van der Waals surface area contributed by atoms with Crippen LogP contribution in [0.5, 0.6) is 5.75 Å². The number of aromatic nitrogens is 1. The largest absolute Gasteiger partial charge is 0.508 e. The maximum Gasteiger partial charge on any atom is 0.417 e. The average molecular weight is 884 g/mol. The number of alkyl halides is 9. The molecular formula is C40H25Cl2F9N4O5. The zero-order chi connectivity index (χ0) is 43.4. The molecule has 4 aliphatic rings. The van der Waals surface area contributed by atoms with E-state index in [0.717, 1.165) is 0 Å². The number of phenolic OH excluding ortho intramolecular Hbond substituents is 1. The van der Waals surface area contributed by atoms with Crippen molar-refractivity contribution in [2.45, 2.75) is 42.7 Å². The van der Waals surface area contributed by atoms with Crippen molar-refractivity contribution in [1.82, 2.24) is 9.99 Å². The van der Waals surface area contributed by atoms with Gasteiger partial charge in [-0.15, -0.1) is 0 Å². The summed E-state index contributed by atoms with van der Waals surface area (Å²) < 4.78 is 124. The molecule has 312 valence electrons. The first kappa shape index (κ1) is 41.1. The van der Waals surface area contributed by atoms with Gasteiger partial charge in [0.1, 0.15) is 5.75 Å². The minimum Gasteiger partial charge on any atom is -0.508 e. The summed E-state index contributed by atoms with van der Waals surface area (Å²) in [7, 11) is 0. The number of aromatic hydroxyl groups is 1. The van der Waals surface area contributed by atoms with E-state index in [2.05, 4.69) is 10.4 Å². The summed E-state index contributed by atoms with van der Waals surface area (Å²) >= 11 is 12.4. The highest BCUT2D eigenvalue weighted by atomic mass is 35.5. The van der Waals surface area contributed by atoms with Gasteiger partial charge in [-0.05, 0) is 66.8 Å². The minimum absolute atomic E-state index is 0.0573. The second kappa shape index (κ2) is 14.0. The van der Waals surface area contributed by atoms with Crippen molar-refractivity contribution >= 4 is 58.3 Å². The molecule has 1 saturated carbocycles. The van der Waals surface area contributed by atoms with Crippen LogP contribution in [-0.4, -0.2) is 38.7 Å². The number of nitrogens with zero attached hydrogens (tertiary/aromatic N) is 3. The van der Waals surface area contributed by atoms with Crippen LogP contribution in [0.25, 0.3) is 0 Å². The van der Waals surface area contributed by atoms with Gasteiger partial charge < -0.3 is 5.11 Å². The number of carbonyl (C=O) groups is 4. The summed E-state index contributed by atoms with van der Waals surface area (Å²) in [5, 5.41) is 11.5. The Morgan fingerprint density at radius 1 is 0.750 bits per heavy atom. The van der Waals surface area contributed by atoms with Crippen LogP contribution < -0.4 is 10.3 Å². The lowest BCUT2D eigenvalue weighted by atomic mass is 9.49. The molecule has 2 aliphatic heterocycles. The molecule has 0 bridgehead atoms. The zero-order valence-electron chi connectivity index (χ0n) is 30.0. The highest BCUT2D eigenvalue weighted by Crippen LogP contribution is 2.65. The molecule has 4 aromatic rings. The number of hydrogen-bond donors (Lipinski definition) is 2. The Labute approximate surface area is 342 Å². The molecule has 9 nitrogen and oxygen atoms in total. The zero-order valence-corrected chi connectivity index (χ0v) is 31.5. The van der Waals surface area contributed by atoms with E-state index in [-0.39, 0.29) is 57.0 Å². The number of halogens is 11. The second-order valence-corrected chi connectivity index (χ2v) is 15.6. The Kier molecular flexibility index (Phi) is 9.58. The molecular weight excluding hydrogens is 858 g/mol. The fourth-order valence-electron chi connectivity index (χ4n) is 9.18. The van der Waals surface area contributed by atoms with Crippen molar-refractivity contribution in [2.24, 2.45) is 23.7 Å². The number of rotatable bonds is 5. The lowest BCUT2D eigenvalue weighted by Crippen LogP contribution is -2.53. The van der Waals surface area contributed by atoms with Gasteiger partial charge >= 0.3 is 18.5 Å². The van der Waals surface area contributed by atoms with Crippen LogP contribution >= 0.6 is 23.2 Å². The number of imide groups is 2. The van der Waals surface area contributed by atoms with E-state index in [1.165, 1.54) is 54.6 Å². The number of nitrogens with one attached hydrogen (secondary N) is 1. The molecule has 2 N–H and O–H groups in total. The number of hydrogen-bond acceptors (Lipinski definition) is 7. The van der Waals surface area contributed by atoms with Crippen molar-refractivity contribution in [1.29, 1.82) is 0 Å². The highest BCUT2D eigenvalue weighted by molar-refractivity contribution is 6.33. The molecule has 2 aliphatic carbocycles. The van der Waals surface area contributed by atoms with Crippen molar-refractivity contribution < 1.29 is 63.8 Å². The van der Waals surface area contributed by atoms with Crippen LogP contribution in [0.3, 0.4) is 0 Å². The lowest BCUT2D eigenvalue weighted by Gasteiger charge is -2.50. The van der Waals surface area contributed by atoms with Gasteiger partial charge in [-0.1, -0.05) is 65.2 Å². The first-order valence-electron chi connectivity index (χ1n) is 17.8. The number of carbonyl (C=O) groups excluding carboxylic acids is 4. The minimum atomic E-state index is -5.31. The Morgan fingerprint density at radius 3 is 1.95 bits per heavy atom. The molecule has 60 heavy (non-hydrogen) atoms. The van der Waals surface area contributed by atoms with Crippen LogP contribution in [0.1, 0.15) is 46.6 Å². The monoisotopic (exact) mass is 882 g/mol. The molecule has 6 unspecified atom stereocenters. The van der Waals surface area contributed by atoms with E-state index in [1.807, 2.05) is 0 Å². The number of benzene rings is 3. The van der Waals surface area contributed by atoms with E-state index in [9.17, 15) is 59.0 Å². The van der Waals surface area contributed by atoms with Gasteiger partial charge in [0.05, 0.1) is 50.6 Å². The van der Waals surface area contributed by atoms with E-state index < -0.39 is 117 Å². The first-order chi connectivity index (χ1) is 28.0. The number of allylic oxidation sites excluding steroid dienone is 2. The lowest BCUT2D eigenvalue weighted by molar-refractivity contribution is -0.143. The van der Waals surface area contributed by atoms with Crippen LogP contribution in [0.2, 0.25) is 10.0 Å². The molecule has 0 spiro atoms. The maximum absolute atomic E-state index is 15.2. The molecule has 3 heterocycles. The Morgan fingerprint density at radius 2 is 1.37 bits per heavy atom. The van der Waals surface area contributed by atoms with E-state index >= 15 is 4.79 Å². The van der Waals surface area contributed by atoms with Gasteiger partial charge in [-0.2, -0.15) is 44.5 Å². The predicted octanol–water partition coefficient (Wildman–Crippen LogP) is 9.34. The van der Waals surface area contributed by atoms with Gasteiger partial charge in [-0.3, -0.25) is 24.6 Å². The average Bonchev–Trinajstić information content (AvgIpc) is 3.55. The third kappa shape index (κ3) is 6.37. The number of para-hydroxylation sites is 1. The fraction of sp³-hybridized carbons (Fsp3) is 0.275. The number of pyridine rings is 1. The SMILES string of the molecule is O=C1C2CC3C(=CCC4C(=O)N(c5cc(C(F)(F)F)cc(C(F)(F)F)c5)C(=O)C43)C(c3ccccc3O)C2(c2ccc(Cl)cc2)C(=O)N1Nc1ncc(C(F)(F)F)cc1Cl. The summed E-state index contributed by atoms with van der Waals surface area (Å²) in [6, 6.07) is 12.3. The summed E-state index contributed by atoms with van der Waals surface area (Å²) in [6.07, 6.45) is -14.2. The first-order valence-corrected chi connectivity index (χ1v) is 18.6. The topological polar surface area (TPSA) is 120 Å². The Hall–Kier alpha value is -5.62. The van der Waals surface area contributed by atoms with Gasteiger partial charge in [0.25, 0.3) is 11.8 Å². The molecule has 1 aromatic heterocycles. The molecule has 6 atom stereocenters. The molecule has 0 radical (unpaired) electrons. The van der Waals surface area contributed by atoms with Crippen molar-refractivity contribution in [3.05, 3.63) is 129 Å². The number of phenols is 1. The van der Waals surface area contributed by atoms with Crippen LogP contribution in [0, 0.1) is 23.7 Å². The summed E-state index contributed by atoms with van der Waals surface area (Å²) in [6.45, 7) is 0. The van der Waals surface area contributed by atoms with E-state index in [1.54, 1.807) is 0 Å². The van der Waals surface area contributed by atoms with Crippen molar-refractivity contribution in [3.63, 3.8) is 0 Å². The van der Waals surface area contributed by atoms with Crippen molar-refractivity contribution in [3.8, 4) is 5.75 Å². The molecule has 2 saturated heterocycles. The van der Waals surface area contributed by atoms with Crippen LogP contribution in [-0.2, 0) is 43.1 Å². The van der Waals surface area contributed by atoms with Crippen LogP contribution in [0.4, 0.5) is 51.0 Å². The Balaban J connectivity index is 1.29. The normalized spacial score (nSPS) is 25.6. The predicted molar refractivity (Wildman–Crippen MR) is 194 cm³/mol. The van der Waals surface area contributed by atoms with Gasteiger partial charge in [-0.25, -0.2) is 9.88 Å². The summed E-state index contributed by atoms with van der Waals surface area (Å²) in [4.78, 5) is 62.5. The van der Waals surface area contributed by atoms with Gasteiger partial charge in [0.15, 0.2) is 5.82 Å². The third-order valence-corrected chi connectivity index (χ3v) is 12.2. The quantitative estimate of drug-likeness (QED) is 0.117. The molecule has 20 heteroatoms. The van der Waals surface area contributed by atoms with E-state index in [0.29, 0.717) is 17.3 Å². The molecule has 3 aromatic carbocycles. The molecule has 8 rings (SSSR count). The summed E-state index contributed by atoms with van der Waals surface area (Å²) in [5.41, 5.74) is -4.86. The smallest absolute Gasteiger partial charge is 0.417 e. The number of fused-ring (bicyclic) bond motifs is 4. The number of hydrazine groups is 1. The third-order valence-electron chi connectivity index (χ3n) is 11.6. The number of amides is 4. The van der Waals surface area contributed by atoms with Crippen LogP contribution in [0.15, 0.2) is 90.6 Å². The molecule has 3 fully saturated rings. The van der Waals surface area contributed by atoms with Gasteiger partial charge in [0, 0.05) is 22.7 Å². The van der Waals surface area contributed by atoms with E-state index in [4.69, 9.17) is 23.2 Å². The second-order valence-electron chi connectivity index (χ2n) is 14.8. The maximum atomic E-state index is 15.2. The highest BCUT2D eigenvalue weighted by Gasteiger charge is 2.71. The molecule has 4 amide bonds. The van der Waals surface area contributed by atoms with Crippen molar-refractivity contribution in [2.75, 3.05) is 10.3 Å².